The molecule has 2 nitrogen and oxygen atoms in total. The smallest absolute Gasteiger partial charge is 0.0950 e. The van der Waals surface area contributed by atoms with Crippen molar-refractivity contribution in [1.29, 1.82) is 0 Å². The molecule has 0 aliphatic heterocycles. The van der Waals surface area contributed by atoms with Gasteiger partial charge in [-0.05, 0) is 43.1 Å². The summed E-state index contributed by atoms with van der Waals surface area (Å²) >= 11 is 0. The van der Waals surface area contributed by atoms with Gasteiger partial charge < -0.3 is 10.5 Å². The predicted octanol–water partition coefficient (Wildman–Crippen LogP) is 4.47. The highest BCUT2D eigenvalue weighted by molar-refractivity contribution is 5.23. The first kappa shape index (κ1) is 16.5. The van der Waals surface area contributed by atoms with E-state index in [1.165, 1.54) is 30.4 Å². The van der Waals surface area contributed by atoms with Crippen LogP contribution in [0.2, 0.25) is 0 Å². The van der Waals surface area contributed by atoms with E-state index in [1.54, 1.807) is 0 Å². The summed E-state index contributed by atoms with van der Waals surface area (Å²) in [6.45, 7) is 9.65. The monoisotopic (exact) mass is 289 g/mol. The van der Waals surface area contributed by atoms with E-state index in [0.29, 0.717) is 24.5 Å². The summed E-state index contributed by atoms with van der Waals surface area (Å²) in [6.07, 6.45) is 4.17. The summed E-state index contributed by atoms with van der Waals surface area (Å²) in [4.78, 5) is 0. The van der Waals surface area contributed by atoms with Crippen molar-refractivity contribution >= 4 is 0 Å². The van der Waals surface area contributed by atoms with Gasteiger partial charge in [-0.2, -0.15) is 0 Å². The Morgan fingerprint density at radius 1 is 1.19 bits per heavy atom. The third-order valence-electron chi connectivity index (χ3n) is 4.96. The van der Waals surface area contributed by atoms with Crippen LogP contribution >= 0.6 is 0 Å². The Morgan fingerprint density at radius 2 is 1.86 bits per heavy atom. The lowest BCUT2D eigenvalue weighted by Crippen LogP contribution is -2.36. The molecule has 1 fully saturated rings. The Balaban J connectivity index is 2.09. The average molecular weight is 289 g/mol. The van der Waals surface area contributed by atoms with Crippen molar-refractivity contribution in [1.82, 2.24) is 0 Å². The van der Waals surface area contributed by atoms with Gasteiger partial charge in [-0.25, -0.2) is 0 Å². The summed E-state index contributed by atoms with van der Waals surface area (Å²) < 4.78 is 6.49. The topological polar surface area (TPSA) is 35.2 Å². The maximum Gasteiger partial charge on any atom is 0.0950 e. The molecule has 4 unspecified atom stereocenters. The van der Waals surface area contributed by atoms with Crippen LogP contribution < -0.4 is 5.73 Å². The molecule has 0 spiro atoms. The van der Waals surface area contributed by atoms with Gasteiger partial charge in [0.05, 0.1) is 12.2 Å². The van der Waals surface area contributed by atoms with Crippen LogP contribution in [-0.2, 0) is 4.74 Å². The van der Waals surface area contributed by atoms with Crippen molar-refractivity contribution in [2.75, 3.05) is 6.54 Å². The SMILES string of the molecule is Cc1ccc(C(CN)OC2CC(C)CCC2C(C)C)cc1. The third kappa shape index (κ3) is 4.31. The Labute approximate surface area is 130 Å². The number of hydrogen-bond donors (Lipinski definition) is 1. The fourth-order valence-corrected chi connectivity index (χ4v) is 3.53. The van der Waals surface area contributed by atoms with Crippen molar-refractivity contribution in [3.63, 3.8) is 0 Å². The first-order chi connectivity index (χ1) is 10.0. The van der Waals surface area contributed by atoms with Crippen LogP contribution in [0.15, 0.2) is 24.3 Å². The van der Waals surface area contributed by atoms with Gasteiger partial charge in [-0.3, -0.25) is 0 Å². The predicted molar refractivity (Wildman–Crippen MR) is 89.2 cm³/mol. The van der Waals surface area contributed by atoms with Crippen molar-refractivity contribution in [3.05, 3.63) is 35.4 Å². The van der Waals surface area contributed by atoms with Crippen LogP contribution in [-0.4, -0.2) is 12.6 Å². The van der Waals surface area contributed by atoms with Crippen molar-refractivity contribution < 1.29 is 4.74 Å². The van der Waals surface area contributed by atoms with E-state index in [0.717, 1.165) is 5.92 Å². The Morgan fingerprint density at radius 3 is 2.43 bits per heavy atom. The standard InChI is InChI=1S/C19H31NO/c1-13(2)17-10-7-15(4)11-18(17)21-19(12-20)16-8-5-14(3)6-9-16/h5-6,8-9,13,15,17-19H,7,10-12,20H2,1-4H3. The zero-order valence-electron chi connectivity index (χ0n) is 14.0. The molecule has 1 aromatic carbocycles. The molecule has 1 saturated carbocycles. The van der Waals surface area contributed by atoms with Crippen molar-refractivity contribution in [2.45, 2.75) is 59.2 Å². The van der Waals surface area contributed by atoms with Gasteiger partial charge >= 0.3 is 0 Å². The van der Waals surface area contributed by atoms with Crippen LogP contribution in [0.3, 0.4) is 0 Å². The van der Waals surface area contributed by atoms with Gasteiger partial charge in [0.2, 0.25) is 0 Å². The van der Waals surface area contributed by atoms with Gasteiger partial charge in [0, 0.05) is 6.54 Å². The second kappa shape index (κ2) is 7.42. The Kier molecular flexibility index (Phi) is 5.83. The third-order valence-corrected chi connectivity index (χ3v) is 4.96. The van der Waals surface area contributed by atoms with Crippen LogP contribution in [0.25, 0.3) is 0 Å². The highest BCUT2D eigenvalue weighted by Crippen LogP contribution is 2.37. The van der Waals surface area contributed by atoms with Crippen LogP contribution in [0.5, 0.6) is 0 Å². The first-order valence-corrected chi connectivity index (χ1v) is 8.43. The quantitative estimate of drug-likeness (QED) is 0.868. The highest BCUT2D eigenvalue weighted by Gasteiger charge is 2.33. The highest BCUT2D eigenvalue weighted by atomic mass is 16.5. The lowest BCUT2D eigenvalue weighted by Gasteiger charge is -2.39. The van der Waals surface area contributed by atoms with Crippen LogP contribution in [0.1, 0.15) is 57.3 Å². The van der Waals surface area contributed by atoms with E-state index in [1.807, 2.05) is 0 Å². The zero-order valence-corrected chi connectivity index (χ0v) is 14.0. The average Bonchev–Trinajstić information content (AvgIpc) is 2.45. The molecule has 2 rings (SSSR count). The molecule has 2 heteroatoms. The van der Waals surface area contributed by atoms with E-state index in [-0.39, 0.29) is 6.10 Å². The molecule has 4 atom stereocenters. The number of rotatable bonds is 5. The molecule has 1 aromatic rings. The number of ether oxygens (including phenoxy) is 1. The second-order valence-corrected chi connectivity index (χ2v) is 7.14. The molecule has 0 aromatic heterocycles. The van der Waals surface area contributed by atoms with Gasteiger partial charge in [-0.15, -0.1) is 0 Å². The minimum atomic E-state index is 0.0298. The van der Waals surface area contributed by atoms with E-state index in [4.69, 9.17) is 10.5 Å². The fraction of sp³-hybridized carbons (Fsp3) is 0.684. The number of benzene rings is 1. The van der Waals surface area contributed by atoms with Gasteiger partial charge in [0.15, 0.2) is 0 Å². The minimum Gasteiger partial charge on any atom is -0.369 e. The molecule has 1 aliphatic rings. The van der Waals surface area contributed by atoms with Crippen LogP contribution in [0, 0.1) is 24.7 Å². The van der Waals surface area contributed by atoms with E-state index in [2.05, 4.69) is 52.0 Å². The molecule has 21 heavy (non-hydrogen) atoms. The first-order valence-electron chi connectivity index (χ1n) is 8.43. The lowest BCUT2D eigenvalue weighted by molar-refractivity contribution is -0.0786. The maximum atomic E-state index is 6.49. The number of hydrogen-bond acceptors (Lipinski definition) is 2. The molecule has 0 saturated heterocycles. The van der Waals surface area contributed by atoms with Crippen molar-refractivity contribution in [2.24, 2.45) is 23.5 Å². The summed E-state index contributed by atoms with van der Waals surface area (Å²) in [5.74, 6) is 2.11. The zero-order chi connectivity index (χ0) is 15.4. The molecular formula is C19H31NO. The largest absolute Gasteiger partial charge is 0.369 e. The molecule has 0 radical (unpaired) electrons. The van der Waals surface area contributed by atoms with E-state index in [9.17, 15) is 0 Å². The summed E-state index contributed by atoms with van der Waals surface area (Å²) in [5, 5.41) is 0. The number of aryl methyl sites for hydroxylation is 1. The lowest BCUT2D eigenvalue weighted by atomic mass is 9.75. The molecule has 0 amide bonds. The van der Waals surface area contributed by atoms with Gasteiger partial charge in [0.25, 0.3) is 0 Å². The molecule has 0 heterocycles. The van der Waals surface area contributed by atoms with Gasteiger partial charge in [0.1, 0.15) is 0 Å². The van der Waals surface area contributed by atoms with E-state index >= 15 is 0 Å². The molecule has 2 N–H and O–H groups in total. The normalized spacial score (nSPS) is 27.8. The maximum absolute atomic E-state index is 6.49. The van der Waals surface area contributed by atoms with Crippen LogP contribution in [0.4, 0.5) is 0 Å². The fourth-order valence-electron chi connectivity index (χ4n) is 3.53. The summed E-state index contributed by atoms with van der Waals surface area (Å²) in [6, 6.07) is 8.60. The molecular weight excluding hydrogens is 258 g/mol. The van der Waals surface area contributed by atoms with Crippen molar-refractivity contribution in [3.8, 4) is 0 Å². The molecule has 118 valence electrons. The second-order valence-electron chi connectivity index (χ2n) is 7.14. The minimum absolute atomic E-state index is 0.0298. The number of nitrogens with two attached hydrogens (primary N) is 1. The summed E-state index contributed by atoms with van der Waals surface area (Å²) in [7, 11) is 0. The summed E-state index contributed by atoms with van der Waals surface area (Å²) in [5.41, 5.74) is 8.48. The Hall–Kier alpha value is -0.860. The molecule has 1 aliphatic carbocycles. The van der Waals surface area contributed by atoms with Gasteiger partial charge in [-0.1, -0.05) is 57.0 Å². The van der Waals surface area contributed by atoms with E-state index < -0.39 is 0 Å². The molecule has 0 bridgehead atoms. The Bertz CT molecular complexity index is 426.